The van der Waals surface area contributed by atoms with E-state index < -0.39 is 0 Å². The lowest BCUT2D eigenvalue weighted by atomic mass is 10.1. The minimum atomic E-state index is 0.570. The van der Waals surface area contributed by atoms with Crippen LogP contribution in [0.3, 0.4) is 0 Å². The molecule has 94 valence electrons. The second kappa shape index (κ2) is 5.10. The molecule has 3 rings (SSSR count). The molecule has 0 aliphatic carbocycles. The largest absolute Gasteiger partial charge is 0.380 e. The molecule has 2 atom stereocenters. The van der Waals surface area contributed by atoms with Crippen molar-refractivity contribution < 1.29 is 0 Å². The molecule has 2 unspecified atom stereocenters. The van der Waals surface area contributed by atoms with Gasteiger partial charge in [0, 0.05) is 33.1 Å². The summed E-state index contributed by atoms with van der Waals surface area (Å²) >= 11 is 5.51. The van der Waals surface area contributed by atoms with Crippen molar-refractivity contribution in [3.63, 3.8) is 0 Å². The Kier molecular flexibility index (Phi) is 3.48. The van der Waals surface area contributed by atoms with Crippen molar-refractivity contribution in [3.05, 3.63) is 34.9 Å². The number of benzene rings is 1. The summed E-state index contributed by atoms with van der Waals surface area (Å²) in [6, 6.07) is 8.99. The zero-order valence-electron chi connectivity index (χ0n) is 10.2. The third-order valence-electron chi connectivity index (χ3n) is 3.24. The number of pyridine rings is 1. The Labute approximate surface area is 120 Å². The summed E-state index contributed by atoms with van der Waals surface area (Å²) in [6.45, 7) is 2.30. The van der Waals surface area contributed by atoms with E-state index in [9.17, 15) is 0 Å². The quantitative estimate of drug-likeness (QED) is 0.892. The number of rotatable bonds is 2. The summed E-state index contributed by atoms with van der Waals surface area (Å²) in [5.74, 6) is 1.19. The molecule has 1 aromatic carbocycles. The van der Waals surface area contributed by atoms with Crippen molar-refractivity contribution in [2.24, 2.45) is 0 Å². The third-order valence-corrected chi connectivity index (χ3v) is 5.03. The van der Waals surface area contributed by atoms with Crippen LogP contribution in [0.2, 0.25) is 0 Å². The van der Waals surface area contributed by atoms with Crippen molar-refractivity contribution in [2.45, 2.75) is 24.6 Å². The Morgan fingerprint density at radius 2 is 2.33 bits per heavy atom. The summed E-state index contributed by atoms with van der Waals surface area (Å²) in [4.78, 5) is 4.53. The highest BCUT2D eigenvalue weighted by atomic mass is 79.9. The highest BCUT2D eigenvalue weighted by molar-refractivity contribution is 9.10. The van der Waals surface area contributed by atoms with Crippen molar-refractivity contribution in [3.8, 4) is 0 Å². The molecule has 2 heterocycles. The van der Waals surface area contributed by atoms with E-state index in [1.807, 2.05) is 18.0 Å². The second-order valence-electron chi connectivity index (χ2n) is 4.75. The van der Waals surface area contributed by atoms with Gasteiger partial charge in [-0.3, -0.25) is 4.98 Å². The van der Waals surface area contributed by atoms with E-state index in [2.05, 4.69) is 57.4 Å². The molecule has 0 radical (unpaired) electrons. The Bertz CT molecular complexity index is 573. The molecule has 2 nitrogen and oxygen atoms in total. The predicted molar refractivity (Wildman–Crippen MR) is 83.4 cm³/mol. The lowest BCUT2D eigenvalue weighted by Gasteiger charge is -2.14. The molecule has 0 amide bonds. The van der Waals surface area contributed by atoms with E-state index in [-0.39, 0.29) is 0 Å². The molecule has 1 fully saturated rings. The van der Waals surface area contributed by atoms with Crippen molar-refractivity contribution >= 4 is 44.3 Å². The highest BCUT2D eigenvalue weighted by Crippen LogP contribution is 2.30. The van der Waals surface area contributed by atoms with Crippen molar-refractivity contribution in [2.75, 3.05) is 11.1 Å². The van der Waals surface area contributed by atoms with Crippen LogP contribution in [0.4, 0.5) is 5.69 Å². The van der Waals surface area contributed by atoms with Crippen LogP contribution in [0.15, 0.2) is 34.9 Å². The van der Waals surface area contributed by atoms with E-state index in [0.717, 1.165) is 20.9 Å². The van der Waals surface area contributed by atoms with Crippen molar-refractivity contribution in [1.82, 2.24) is 4.98 Å². The summed E-state index contributed by atoms with van der Waals surface area (Å²) in [7, 11) is 0. The molecule has 0 spiro atoms. The van der Waals surface area contributed by atoms with Crippen LogP contribution in [-0.4, -0.2) is 22.0 Å². The number of fused-ring (bicyclic) bond motifs is 1. The fourth-order valence-corrected chi connectivity index (χ4v) is 3.89. The van der Waals surface area contributed by atoms with Crippen LogP contribution in [0.1, 0.15) is 13.3 Å². The fourth-order valence-electron chi connectivity index (χ4n) is 2.39. The van der Waals surface area contributed by atoms with E-state index in [0.29, 0.717) is 6.04 Å². The predicted octanol–water partition coefficient (Wildman–Crippen LogP) is 4.30. The van der Waals surface area contributed by atoms with Crippen LogP contribution < -0.4 is 5.32 Å². The van der Waals surface area contributed by atoms with Gasteiger partial charge < -0.3 is 5.32 Å². The number of nitrogens with zero attached hydrogens (tertiary/aromatic N) is 1. The van der Waals surface area contributed by atoms with Crippen LogP contribution >= 0.6 is 27.7 Å². The van der Waals surface area contributed by atoms with Gasteiger partial charge in [-0.2, -0.15) is 11.8 Å². The van der Waals surface area contributed by atoms with E-state index in [1.165, 1.54) is 17.6 Å². The number of anilines is 1. The molecule has 2 aromatic rings. The first kappa shape index (κ1) is 12.3. The van der Waals surface area contributed by atoms with Crippen LogP contribution in [-0.2, 0) is 0 Å². The minimum Gasteiger partial charge on any atom is -0.380 e. The number of hydrogen-bond acceptors (Lipinski definition) is 3. The Hall–Kier alpha value is -0.740. The lowest BCUT2D eigenvalue weighted by molar-refractivity contribution is 0.748. The van der Waals surface area contributed by atoms with Crippen LogP contribution in [0, 0.1) is 0 Å². The first-order chi connectivity index (χ1) is 8.72. The molecule has 1 N–H and O–H groups in total. The maximum absolute atomic E-state index is 4.53. The van der Waals surface area contributed by atoms with Crippen LogP contribution in [0.5, 0.6) is 0 Å². The van der Waals surface area contributed by atoms with E-state index >= 15 is 0 Å². The summed E-state index contributed by atoms with van der Waals surface area (Å²) in [5, 5.41) is 5.57. The zero-order chi connectivity index (χ0) is 12.5. The standard InChI is InChI=1S/C14H15BrN2S/c1-9-5-12(8-18-9)17-13-4-2-3-10-6-11(15)7-16-14(10)13/h2-4,6-7,9,12,17H,5,8H2,1H3. The van der Waals surface area contributed by atoms with Gasteiger partial charge >= 0.3 is 0 Å². The Balaban J connectivity index is 1.92. The molecule has 18 heavy (non-hydrogen) atoms. The zero-order valence-corrected chi connectivity index (χ0v) is 12.6. The Morgan fingerprint density at radius 1 is 1.44 bits per heavy atom. The van der Waals surface area contributed by atoms with E-state index in [1.54, 1.807) is 0 Å². The average molecular weight is 323 g/mol. The van der Waals surface area contributed by atoms with Gasteiger partial charge in [-0.25, -0.2) is 0 Å². The fraction of sp³-hybridized carbons (Fsp3) is 0.357. The minimum absolute atomic E-state index is 0.570. The van der Waals surface area contributed by atoms with Gasteiger partial charge in [-0.1, -0.05) is 19.1 Å². The topological polar surface area (TPSA) is 24.9 Å². The number of hydrogen-bond donors (Lipinski definition) is 1. The highest BCUT2D eigenvalue weighted by Gasteiger charge is 2.22. The number of aromatic nitrogens is 1. The van der Waals surface area contributed by atoms with E-state index in [4.69, 9.17) is 0 Å². The molecule has 1 aliphatic rings. The van der Waals surface area contributed by atoms with Gasteiger partial charge in [0.1, 0.15) is 0 Å². The molecule has 1 aliphatic heterocycles. The first-order valence-electron chi connectivity index (χ1n) is 6.15. The normalized spacial score (nSPS) is 23.4. The molecular formula is C14H15BrN2S. The summed E-state index contributed by atoms with van der Waals surface area (Å²) < 4.78 is 1.03. The van der Waals surface area contributed by atoms with Gasteiger partial charge in [0.2, 0.25) is 0 Å². The van der Waals surface area contributed by atoms with Gasteiger partial charge in [-0.05, 0) is 34.5 Å². The third kappa shape index (κ3) is 2.50. The monoisotopic (exact) mass is 322 g/mol. The maximum Gasteiger partial charge on any atom is 0.0934 e. The number of thioether (sulfide) groups is 1. The second-order valence-corrected chi connectivity index (χ2v) is 7.14. The Morgan fingerprint density at radius 3 is 3.11 bits per heavy atom. The molecule has 0 saturated carbocycles. The maximum atomic E-state index is 4.53. The van der Waals surface area contributed by atoms with Gasteiger partial charge in [0.05, 0.1) is 11.2 Å². The van der Waals surface area contributed by atoms with Gasteiger partial charge in [0.15, 0.2) is 0 Å². The van der Waals surface area contributed by atoms with Crippen molar-refractivity contribution in [1.29, 1.82) is 0 Å². The van der Waals surface area contributed by atoms with Gasteiger partial charge in [-0.15, -0.1) is 0 Å². The number of nitrogens with one attached hydrogen (secondary N) is 1. The molecular weight excluding hydrogens is 308 g/mol. The average Bonchev–Trinajstić information content (AvgIpc) is 2.75. The van der Waals surface area contributed by atoms with Crippen LogP contribution in [0.25, 0.3) is 10.9 Å². The first-order valence-corrected chi connectivity index (χ1v) is 7.99. The summed E-state index contributed by atoms with van der Waals surface area (Å²) in [6.07, 6.45) is 3.09. The number of halogens is 1. The SMILES string of the molecule is CC1CC(Nc2cccc3cc(Br)cnc23)CS1. The molecule has 1 aromatic heterocycles. The molecule has 4 heteroatoms. The number of para-hydroxylation sites is 1. The molecule has 1 saturated heterocycles. The van der Waals surface area contributed by atoms with Gasteiger partial charge in [0.25, 0.3) is 0 Å². The molecule has 0 bridgehead atoms. The summed E-state index contributed by atoms with van der Waals surface area (Å²) in [5.41, 5.74) is 2.21. The lowest BCUT2D eigenvalue weighted by Crippen LogP contribution is -2.19. The smallest absolute Gasteiger partial charge is 0.0934 e.